The Morgan fingerprint density at radius 2 is 1.18 bits per heavy atom. The molecule has 0 aromatic heterocycles. The molecule has 0 N–H and O–H groups in total. The zero-order valence-electron chi connectivity index (χ0n) is 41.8. The van der Waals surface area contributed by atoms with Gasteiger partial charge in [0, 0.05) is 11.3 Å². The second-order valence-corrected chi connectivity index (χ2v) is 18.2. The number of hydrogen-bond donors (Lipinski definition) is 0. The molecule has 2 atom stereocenters. The van der Waals surface area contributed by atoms with E-state index in [0.717, 1.165) is 0 Å². The molecule has 340 valence electrons. The van der Waals surface area contributed by atoms with Gasteiger partial charge in [-0.25, -0.2) is 0 Å². The summed E-state index contributed by atoms with van der Waals surface area (Å²) < 4.78 is 0. The fourth-order valence-electron chi connectivity index (χ4n) is 10.4. The van der Waals surface area contributed by atoms with E-state index in [4.69, 9.17) is 0 Å². The molecule has 0 fully saturated rings. The van der Waals surface area contributed by atoms with Crippen molar-refractivity contribution in [2.75, 3.05) is 0 Å². The fraction of sp³-hybridized carbons (Fsp3) is 0.303. The van der Waals surface area contributed by atoms with Crippen LogP contribution in [0.2, 0.25) is 0 Å². The van der Waals surface area contributed by atoms with Gasteiger partial charge >= 0.3 is 0 Å². The molecule has 0 radical (unpaired) electrons. The predicted molar refractivity (Wildman–Crippen MR) is 291 cm³/mol. The first-order valence-electron chi connectivity index (χ1n) is 25.0. The molecule has 0 nitrogen and oxygen atoms in total. The summed E-state index contributed by atoms with van der Waals surface area (Å²) >= 11 is 0. The molecule has 0 heteroatoms. The van der Waals surface area contributed by atoms with Crippen LogP contribution in [0.25, 0.3) is 28.9 Å². The van der Waals surface area contributed by atoms with Crippen molar-refractivity contribution in [3.05, 3.63) is 242 Å². The molecule has 5 aromatic carbocycles. The summed E-state index contributed by atoms with van der Waals surface area (Å²) in [6.45, 7) is 19.3. The van der Waals surface area contributed by atoms with Crippen molar-refractivity contribution in [2.45, 2.75) is 126 Å². The molecule has 0 aliphatic heterocycles. The molecule has 0 saturated carbocycles. The van der Waals surface area contributed by atoms with Crippen LogP contribution in [-0.4, -0.2) is 0 Å². The minimum atomic E-state index is 0.0132. The highest BCUT2D eigenvalue weighted by Gasteiger charge is 2.51. The summed E-state index contributed by atoms with van der Waals surface area (Å²) in [5.74, 6) is 0.573. The third-order valence-electron chi connectivity index (χ3n) is 13.7. The van der Waals surface area contributed by atoms with Crippen LogP contribution in [-0.2, 0) is 5.41 Å². The van der Waals surface area contributed by atoms with Gasteiger partial charge in [-0.05, 0) is 178 Å². The van der Waals surface area contributed by atoms with Gasteiger partial charge < -0.3 is 0 Å². The Balaban J connectivity index is 0.000000152. The molecular weight excluding hydrogens is 793 g/mol. The third-order valence-corrected chi connectivity index (χ3v) is 13.7. The highest BCUT2D eigenvalue weighted by Crippen LogP contribution is 2.60. The van der Waals surface area contributed by atoms with E-state index in [1.54, 1.807) is 5.57 Å². The van der Waals surface area contributed by atoms with E-state index in [0.29, 0.717) is 5.92 Å². The van der Waals surface area contributed by atoms with Crippen LogP contribution in [0.3, 0.4) is 0 Å². The molecule has 0 heterocycles. The lowest BCUT2D eigenvalue weighted by Crippen LogP contribution is -2.36. The predicted octanol–water partition coefficient (Wildman–Crippen LogP) is 17.2. The maximum atomic E-state index is 2.52. The zero-order valence-corrected chi connectivity index (χ0v) is 41.8. The Morgan fingerprint density at radius 1 is 0.530 bits per heavy atom. The summed E-state index contributed by atoms with van der Waals surface area (Å²) in [4.78, 5) is 0. The van der Waals surface area contributed by atoms with Crippen LogP contribution >= 0.6 is 0 Å². The lowest BCUT2D eigenvalue weighted by Gasteiger charge is -2.42. The van der Waals surface area contributed by atoms with Crippen LogP contribution < -0.4 is 10.4 Å². The van der Waals surface area contributed by atoms with E-state index >= 15 is 0 Å². The summed E-state index contributed by atoms with van der Waals surface area (Å²) in [7, 11) is 0. The van der Waals surface area contributed by atoms with Crippen molar-refractivity contribution < 1.29 is 0 Å². The molecular formula is C66H76. The molecule has 0 bridgehead atoms. The van der Waals surface area contributed by atoms with E-state index in [9.17, 15) is 0 Å². The van der Waals surface area contributed by atoms with Crippen molar-refractivity contribution in [1.29, 1.82) is 0 Å². The first-order valence-corrected chi connectivity index (χ1v) is 25.0. The van der Waals surface area contributed by atoms with Gasteiger partial charge in [0.05, 0.1) is 0 Å². The number of allylic oxidation sites excluding steroid dienone is 14. The van der Waals surface area contributed by atoms with E-state index in [1.807, 2.05) is 13.8 Å². The summed E-state index contributed by atoms with van der Waals surface area (Å²) in [5, 5.41) is 2.86. The molecule has 2 unspecified atom stereocenters. The molecule has 5 aliphatic carbocycles. The normalized spacial score (nSPS) is 18.9. The van der Waals surface area contributed by atoms with E-state index in [2.05, 4.69) is 231 Å². The van der Waals surface area contributed by atoms with E-state index in [1.165, 1.54) is 141 Å². The van der Waals surface area contributed by atoms with Crippen molar-refractivity contribution in [3.8, 4) is 11.1 Å². The second kappa shape index (κ2) is 24.5. The standard InChI is InChI=1S/C25H28.C15H16.C13H14.C11H12.C2H6/c1-3-12-22-19(2)25(20-13-6-4-7-14-20,21-15-8-5-9-16-21)24-18-11-10-17-23(22)24;1-11-8-9-13(3)15(10-11)14-7-5-4-6-12(14)2;1-11-7-9-13(10-8-11)12-5-3-2-4-6-12;1-9-5-4-7-10-6-2-3-8-11(9)10;1-2/h3-4,6-8,12-17,24H,5,9-11,18H2,1-2H3;4-10H,1-3H3;3,5-10H,2,4H2,1H3;4-8H,2-3H2,1H3;1-2H3/b12-3-;;;;. The van der Waals surface area contributed by atoms with Crippen LogP contribution in [0.15, 0.2) is 192 Å². The molecule has 66 heavy (non-hydrogen) atoms. The molecule has 0 spiro atoms. The van der Waals surface area contributed by atoms with Crippen molar-refractivity contribution >= 4 is 17.7 Å². The van der Waals surface area contributed by atoms with Gasteiger partial charge in [-0.2, -0.15) is 0 Å². The van der Waals surface area contributed by atoms with Crippen LogP contribution in [0.5, 0.6) is 0 Å². The third kappa shape index (κ3) is 11.7. The Labute approximate surface area is 400 Å². The minimum Gasteiger partial charge on any atom is -0.0871 e. The first-order chi connectivity index (χ1) is 32.2. The zero-order chi connectivity index (χ0) is 46.9. The highest BCUT2D eigenvalue weighted by molar-refractivity contribution is 5.75. The quantitative estimate of drug-likeness (QED) is 0.165. The Bertz CT molecular complexity index is 2740. The number of benzene rings is 5. The number of rotatable bonds is 5. The fourth-order valence-corrected chi connectivity index (χ4v) is 10.4. The largest absolute Gasteiger partial charge is 0.0871 e. The average Bonchev–Trinajstić information content (AvgIpc) is 3.62. The monoisotopic (exact) mass is 869 g/mol. The lowest BCUT2D eigenvalue weighted by atomic mass is 9.60. The molecule has 5 aromatic rings. The van der Waals surface area contributed by atoms with Gasteiger partial charge in [-0.1, -0.05) is 213 Å². The maximum absolute atomic E-state index is 2.52. The van der Waals surface area contributed by atoms with E-state index < -0.39 is 0 Å². The van der Waals surface area contributed by atoms with Gasteiger partial charge in [0.1, 0.15) is 0 Å². The van der Waals surface area contributed by atoms with Crippen molar-refractivity contribution in [3.63, 3.8) is 0 Å². The smallest absolute Gasteiger partial charge is 0.0482 e. The highest BCUT2D eigenvalue weighted by atomic mass is 14.5. The lowest BCUT2D eigenvalue weighted by molar-refractivity contribution is 0.395. The molecule has 5 aliphatic rings. The van der Waals surface area contributed by atoms with Crippen LogP contribution in [0.4, 0.5) is 0 Å². The van der Waals surface area contributed by atoms with Gasteiger partial charge in [0.15, 0.2) is 0 Å². The Kier molecular flexibility index (Phi) is 18.4. The van der Waals surface area contributed by atoms with Gasteiger partial charge in [-0.15, -0.1) is 0 Å². The average molecular weight is 869 g/mol. The number of fused-ring (bicyclic) bond motifs is 2. The van der Waals surface area contributed by atoms with Gasteiger partial charge in [-0.3, -0.25) is 0 Å². The first kappa shape index (κ1) is 49.5. The van der Waals surface area contributed by atoms with Crippen molar-refractivity contribution in [1.82, 2.24) is 0 Å². The number of hydrogen-bond acceptors (Lipinski definition) is 0. The molecule has 0 saturated heterocycles. The summed E-state index contributed by atoms with van der Waals surface area (Å²) in [6, 6.07) is 41.6. The maximum Gasteiger partial charge on any atom is 0.0482 e. The Morgan fingerprint density at radius 3 is 1.86 bits per heavy atom. The topological polar surface area (TPSA) is 0 Å². The molecule has 0 amide bonds. The minimum absolute atomic E-state index is 0.0132. The van der Waals surface area contributed by atoms with Crippen LogP contribution in [0, 0.1) is 40.5 Å². The van der Waals surface area contributed by atoms with Crippen LogP contribution in [0.1, 0.15) is 124 Å². The van der Waals surface area contributed by atoms with Crippen molar-refractivity contribution in [2.24, 2.45) is 5.92 Å². The second-order valence-electron chi connectivity index (χ2n) is 18.2. The SMILES string of the molecule is C/C=C\C1=C(C)C(C2=CCCC=C2)(c2ccccc2)C2CCCC=C12.CC.Cc1ccc(C)c(-c2ccccc2C)c1.Cc1ccc(C2=CCCC=C2)cc1.Cc1cccc2c1=CCCC=2. The van der Waals surface area contributed by atoms with Gasteiger partial charge in [0.2, 0.25) is 0 Å². The number of aryl methyl sites for hydroxylation is 5. The summed E-state index contributed by atoms with van der Waals surface area (Å²) in [5.41, 5.74) is 19.7. The van der Waals surface area contributed by atoms with E-state index in [-0.39, 0.29) is 5.41 Å². The summed E-state index contributed by atoms with van der Waals surface area (Å²) in [6.07, 6.45) is 36.7. The molecule has 10 rings (SSSR count). The Hall–Kier alpha value is -5.98. The van der Waals surface area contributed by atoms with Gasteiger partial charge in [0.25, 0.3) is 0 Å².